The molecule has 0 fully saturated rings. The molecule has 2 aromatic carbocycles. The monoisotopic (exact) mass is 340 g/mol. The number of rotatable bonds is 5. The first-order valence-corrected chi connectivity index (χ1v) is 7.56. The van der Waals surface area contributed by atoms with E-state index < -0.39 is 5.97 Å². The summed E-state index contributed by atoms with van der Waals surface area (Å²) in [5.74, 6) is 0.358. The number of esters is 1. The summed E-state index contributed by atoms with van der Waals surface area (Å²) in [6.07, 6.45) is 1.24. The van der Waals surface area contributed by atoms with Crippen LogP contribution in [-0.4, -0.2) is 19.7 Å². The van der Waals surface area contributed by atoms with Crippen molar-refractivity contribution in [2.45, 2.75) is 6.92 Å². The molecular weight excluding hydrogens is 324 g/mol. The number of methoxy groups -OCH3 is 1. The number of carbonyl (C=O) groups excluding carboxylic acids is 1. The number of benzene rings is 2. The molecule has 1 aromatic heterocycles. The van der Waals surface area contributed by atoms with E-state index in [1.165, 1.54) is 31.6 Å². The predicted octanol–water partition coefficient (Wildman–Crippen LogP) is 3.45. The summed E-state index contributed by atoms with van der Waals surface area (Å²) in [7, 11) is 1.40. The third-order valence-electron chi connectivity index (χ3n) is 3.46. The summed E-state index contributed by atoms with van der Waals surface area (Å²) in [5, 5.41) is 0.330. The molecule has 0 aliphatic carbocycles. The minimum Gasteiger partial charge on any atom is -0.460 e. The van der Waals surface area contributed by atoms with Crippen LogP contribution in [0.2, 0.25) is 0 Å². The fourth-order valence-corrected chi connectivity index (χ4v) is 2.24. The maximum Gasteiger partial charge on any atom is 0.337 e. The van der Waals surface area contributed by atoms with Gasteiger partial charge in [-0.25, -0.2) is 4.79 Å². The molecule has 0 saturated carbocycles. The van der Waals surface area contributed by atoms with Crippen LogP contribution >= 0.6 is 0 Å². The van der Waals surface area contributed by atoms with Crippen molar-refractivity contribution in [3.05, 3.63) is 64.5 Å². The highest BCUT2D eigenvalue weighted by Gasteiger charge is 2.11. The highest BCUT2D eigenvalue weighted by Crippen LogP contribution is 2.24. The summed E-state index contributed by atoms with van der Waals surface area (Å²) >= 11 is 0. The standard InChI is InChI=1S/C19H16O6/c1-12-3-5-13(6-4-12)24-17-10-23-16-9-14(25-18(20)11-22-2)7-8-15(16)19(17)21/h3-10H,11H2,1-2H3. The van der Waals surface area contributed by atoms with Gasteiger partial charge in [-0.1, -0.05) is 17.7 Å². The van der Waals surface area contributed by atoms with E-state index in [0.29, 0.717) is 16.7 Å². The third kappa shape index (κ3) is 3.87. The normalized spacial score (nSPS) is 10.6. The Bertz CT molecular complexity index is 956. The molecule has 25 heavy (non-hydrogen) atoms. The summed E-state index contributed by atoms with van der Waals surface area (Å²) in [6, 6.07) is 11.8. The van der Waals surface area contributed by atoms with Crippen LogP contribution in [0.5, 0.6) is 17.2 Å². The largest absolute Gasteiger partial charge is 0.460 e. The zero-order chi connectivity index (χ0) is 17.8. The van der Waals surface area contributed by atoms with Gasteiger partial charge >= 0.3 is 5.97 Å². The van der Waals surface area contributed by atoms with E-state index in [1.54, 1.807) is 12.1 Å². The van der Waals surface area contributed by atoms with Crippen molar-refractivity contribution in [3.8, 4) is 17.2 Å². The lowest BCUT2D eigenvalue weighted by Crippen LogP contribution is -2.14. The number of hydrogen-bond acceptors (Lipinski definition) is 6. The number of fused-ring (bicyclic) bond motifs is 1. The second kappa shape index (κ2) is 7.19. The summed E-state index contributed by atoms with van der Waals surface area (Å²) < 4.78 is 20.8. The van der Waals surface area contributed by atoms with Gasteiger partial charge in [0.05, 0.1) is 5.39 Å². The van der Waals surface area contributed by atoms with E-state index in [2.05, 4.69) is 0 Å². The van der Waals surface area contributed by atoms with Gasteiger partial charge in [-0.05, 0) is 31.2 Å². The Balaban J connectivity index is 1.88. The Hall–Kier alpha value is -3.12. The van der Waals surface area contributed by atoms with Crippen LogP contribution in [0.1, 0.15) is 5.56 Å². The van der Waals surface area contributed by atoms with Gasteiger partial charge in [0.25, 0.3) is 0 Å². The van der Waals surface area contributed by atoms with Crippen LogP contribution < -0.4 is 14.9 Å². The van der Waals surface area contributed by atoms with Crippen LogP contribution in [0.3, 0.4) is 0 Å². The van der Waals surface area contributed by atoms with Crippen molar-refractivity contribution in [3.63, 3.8) is 0 Å². The molecular formula is C19H16O6. The molecule has 3 rings (SSSR count). The predicted molar refractivity (Wildman–Crippen MR) is 91.2 cm³/mol. The summed E-state index contributed by atoms with van der Waals surface area (Å²) in [5.41, 5.74) is 1.08. The average molecular weight is 340 g/mol. The smallest absolute Gasteiger partial charge is 0.337 e. The quantitative estimate of drug-likeness (QED) is 0.523. The summed E-state index contributed by atoms with van der Waals surface area (Å²) in [6.45, 7) is 1.80. The minimum atomic E-state index is -0.538. The lowest BCUT2D eigenvalue weighted by molar-refractivity contribution is -0.138. The number of ether oxygens (including phenoxy) is 3. The molecule has 0 amide bonds. The molecule has 6 heteroatoms. The van der Waals surface area contributed by atoms with Gasteiger partial charge in [-0.15, -0.1) is 0 Å². The molecule has 6 nitrogen and oxygen atoms in total. The van der Waals surface area contributed by atoms with Crippen molar-refractivity contribution in [1.29, 1.82) is 0 Å². The Labute approximate surface area is 143 Å². The maximum absolute atomic E-state index is 12.5. The topological polar surface area (TPSA) is 75.0 Å². The van der Waals surface area contributed by atoms with Crippen LogP contribution in [0, 0.1) is 6.92 Å². The molecule has 0 aliphatic rings. The summed E-state index contributed by atoms with van der Waals surface area (Å²) in [4.78, 5) is 24.0. The molecule has 128 valence electrons. The van der Waals surface area contributed by atoms with E-state index >= 15 is 0 Å². The average Bonchev–Trinajstić information content (AvgIpc) is 2.59. The first-order valence-electron chi connectivity index (χ1n) is 7.56. The molecule has 0 atom stereocenters. The molecule has 1 heterocycles. The van der Waals surface area contributed by atoms with Crippen molar-refractivity contribution in [2.24, 2.45) is 0 Å². The van der Waals surface area contributed by atoms with Gasteiger partial charge in [0.15, 0.2) is 0 Å². The van der Waals surface area contributed by atoms with Crippen molar-refractivity contribution < 1.29 is 23.4 Å². The molecule has 0 aliphatic heterocycles. The van der Waals surface area contributed by atoms with Crippen LogP contribution in [0.25, 0.3) is 11.0 Å². The van der Waals surface area contributed by atoms with Gasteiger partial charge in [0.1, 0.15) is 30.0 Å². The second-order valence-corrected chi connectivity index (χ2v) is 5.41. The van der Waals surface area contributed by atoms with Crippen molar-refractivity contribution >= 4 is 16.9 Å². The third-order valence-corrected chi connectivity index (χ3v) is 3.46. The molecule has 0 saturated heterocycles. The Kier molecular flexibility index (Phi) is 4.81. The fourth-order valence-electron chi connectivity index (χ4n) is 2.24. The molecule has 0 bridgehead atoms. The maximum atomic E-state index is 12.5. The molecule has 0 spiro atoms. The van der Waals surface area contributed by atoms with Crippen molar-refractivity contribution in [1.82, 2.24) is 0 Å². The zero-order valence-corrected chi connectivity index (χ0v) is 13.8. The Morgan fingerprint density at radius 2 is 1.80 bits per heavy atom. The highest BCUT2D eigenvalue weighted by molar-refractivity contribution is 5.81. The van der Waals surface area contributed by atoms with Gasteiger partial charge in [-0.2, -0.15) is 0 Å². The fraction of sp³-hybridized carbons (Fsp3) is 0.158. The van der Waals surface area contributed by atoms with E-state index in [4.69, 9.17) is 18.6 Å². The lowest BCUT2D eigenvalue weighted by atomic mass is 10.2. The van der Waals surface area contributed by atoms with Crippen LogP contribution in [0.4, 0.5) is 0 Å². The number of aryl methyl sites for hydroxylation is 1. The molecule has 0 unspecified atom stereocenters. The molecule has 3 aromatic rings. The van der Waals surface area contributed by atoms with E-state index in [0.717, 1.165) is 5.56 Å². The first-order chi connectivity index (χ1) is 12.1. The van der Waals surface area contributed by atoms with Crippen LogP contribution in [-0.2, 0) is 9.53 Å². The first kappa shape index (κ1) is 16.7. The highest BCUT2D eigenvalue weighted by atomic mass is 16.6. The minimum absolute atomic E-state index is 0.0838. The van der Waals surface area contributed by atoms with Gasteiger partial charge < -0.3 is 18.6 Å². The Morgan fingerprint density at radius 3 is 2.52 bits per heavy atom. The van der Waals surface area contributed by atoms with Gasteiger partial charge in [0.2, 0.25) is 11.2 Å². The second-order valence-electron chi connectivity index (χ2n) is 5.41. The zero-order valence-electron chi connectivity index (χ0n) is 13.8. The SMILES string of the molecule is COCC(=O)Oc1ccc2c(=O)c(Oc3ccc(C)cc3)coc2c1. The van der Waals surface area contributed by atoms with Crippen LogP contribution in [0.15, 0.2) is 57.9 Å². The molecule has 0 N–H and O–H groups in total. The van der Waals surface area contributed by atoms with E-state index in [1.807, 2.05) is 19.1 Å². The Morgan fingerprint density at radius 1 is 1.08 bits per heavy atom. The lowest BCUT2D eigenvalue weighted by Gasteiger charge is -2.07. The number of carbonyl (C=O) groups is 1. The van der Waals surface area contributed by atoms with Gasteiger partial charge in [-0.3, -0.25) is 4.79 Å². The van der Waals surface area contributed by atoms with E-state index in [9.17, 15) is 9.59 Å². The number of hydrogen-bond donors (Lipinski definition) is 0. The van der Waals surface area contributed by atoms with Gasteiger partial charge in [0, 0.05) is 13.2 Å². The molecule has 0 radical (unpaired) electrons. The van der Waals surface area contributed by atoms with E-state index in [-0.39, 0.29) is 23.5 Å². The van der Waals surface area contributed by atoms with Crippen molar-refractivity contribution in [2.75, 3.05) is 13.7 Å².